The smallest absolute Gasteiger partial charge is 0.295 e. The Balaban J connectivity index is 2.72. The molecule has 0 aliphatic rings. The number of rotatable bonds is 3. The van der Waals surface area contributed by atoms with Gasteiger partial charge in [-0.1, -0.05) is 6.07 Å². The van der Waals surface area contributed by atoms with Crippen LogP contribution in [0.3, 0.4) is 0 Å². The van der Waals surface area contributed by atoms with E-state index in [-0.39, 0.29) is 16.9 Å². The predicted molar refractivity (Wildman–Crippen MR) is 65.8 cm³/mol. The minimum atomic E-state index is -1.16. The van der Waals surface area contributed by atoms with E-state index in [1.807, 2.05) is 0 Å². The normalized spacial score (nSPS) is 10.3. The largest absolute Gasteiger partial charge is 0.373 e. The van der Waals surface area contributed by atoms with Crippen molar-refractivity contribution in [3.63, 3.8) is 0 Å². The molecule has 1 aromatic heterocycles. The molecule has 0 saturated heterocycles. The van der Waals surface area contributed by atoms with Crippen molar-refractivity contribution in [3.8, 4) is 11.3 Å². The average Bonchev–Trinajstić information content (AvgIpc) is 2.41. The van der Waals surface area contributed by atoms with Crippen LogP contribution >= 0.6 is 0 Å². The van der Waals surface area contributed by atoms with Crippen LogP contribution in [0.5, 0.6) is 0 Å². The number of hydrogen-bond donors (Lipinski definition) is 1. The molecule has 0 aliphatic heterocycles. The number of halogens is 2. The monoisotopic (exact) mass is 265 g/mol. The third-order valence-corrected chi connectivity index (χ3v) is 2.53. The van der Waals surface area contributed by atoms with Crippen LogP contribution in [0.4, 0.5) is 20.3 Å². The molecule has 7 heteroatoms. The Morgan fingerprint density at radius 1 is 1.26 bits per heavy atom. The summed E-state index contributed by atoms with van der Waals surface area (Å²) >= 11 is 0. The maximum atomic E-state index is 13.7. The quantitative estimate of drug-likeness (QED) is 0.684. The Bertz CT molecular complexity index is 647. The summed E-state index contributed by atoms with van der Waals surface area (Å²) in [5.41, 5.74) is -0.846. The molecule has 0 fully saturated rings. The Morgan fingerprint density at radius 2 is 2.00 bits per heavy atom. The average molecular weight is 265 g/mol. The van der Waals surface area contributed by atoms with Gasteiger partial charge in [0.15, 0.2) is 17.3 Å². The van der Waals surface area contributed by atoms with Gasteiger partial charge in [0, 0.05) is 18.7 Å². The van der Waals surface area contributed by atoms with Gasteiger partial charge in [0.1, 0.15) is 5.82 Å². The van der Waals surface area contributed by atoms with Gasteiger partial charge in [-0.15, -0.1) is 0 Å². The summed E-state index contributed by atoms with van der Waals surface area (Å²) in [6, 6.07) is 6.03. The van der Waals surface area contributed by atoms with Crippen LogP contribution in [0.15, 0.2) is 30.3 Å². The minimum absolute atomic E-state index is 0.214. The summed E-state index contributed by atoms with van der Waals surface area (Å²) in [7, 11) is 1.57. The zero-order chi connectivity index (χ0) is 14.0. The fraction of sp³-hybridized carbons (Fsp3) is 0.0833. The van der Waals surface area contributed by atoms with Gasteiger partial charge < -0.3 is 5.32 Å². The number of benzene rings is 1. The molecule has 2 rings (SSSR count). The van der Waals surface area contributed by atoms with Crippen molar-refractivity contribution in [2.75, 3.05) is 12.4 Å². The van der Waals surface area contributed by atoms with E-state index in [2.05, 4.69) is 10.3 Å². The van der Waals surface area contributed by atoms with Crippen molar-refractivity contribution in [1.29, 1.82) is 0 Å². The van der Waals surface area contributed by atoms with Crippen molar-refractivity contribution in [2.45, 2.75) is 0 Å². The number of nitrogens with one attached hydrogen (secondary N) is 1. The van der Waals surface area contributed by atoms with Crippen LogP contribution in [0, 0.1) is 21.7 Å². The predicted octanol–water partition coefficient (Wildman–Crippen LogP) is 2.98. The van der Waals surface area contributed by atoms with Crippen molar-refractivity contribution >= 4 is 11.5 Å². The van der Waals surface area contributed by atoms with Gasteiger partial charge in [0.25, 0.3) is 5.69 Å². The van der Waals surface area contributed by atoms with E-state index in [0.29, 0.717) is 5.82 Å². The van der Waals surface area contributed by atoms with E-state index in [4.69, 9.17) is 0 Å². The number of hydrogen-bond acceptors (Lipinski definition) is 4. The zero-order valence-corrected chi connectivity index (χ0v) is 9.85. The first-order valence-electron chi connectivity index (χ1n) is 5.32. The van der Waals surface area contributed by atoms with Crippen LogP contribution in [0.25, 0.3) is 11.3 Å². The second kappa shape index (κ2) is 4.97. The summed E-state index contributed by atoms with van der Waals surface area (Å²) in [5, 5.41) is 13.6. The first-order chi connectivity index (χ1) is 9.04. The minimum Gasteiger partial charge on any atom is -0.373 e. The van der Waals surface area contributed by atoms with Crippen LogP contribution in [0.2, 0.25) is 0 Å². The third-order valence-electron chi connectivity index (χ3n) is 2.53. The fourth-order valence-corrected chi connectivity index (χ4v) is 1.62. The van der Waals surface area contributed by atoms with Gasteiger partial charge in [0.05, 0.1) is 4.92 Å². The highest BCUT2D eigenvalue weighted by atomic mass is 19.2. The van der Waals surface area contributed by atoms with E-state index >= 15 is 0 Å². The molecular formula is C12H9F2N3O2. The zero-order valence-electron chi connectivity index (χ0n) is 9.85. The van der Waals surface area contributed by atoms with Crippen molar-refractivity contribution in [1.82, 2.24) is 4.98 Å². The van der Waals surface area contributed by atoms with E-state index in [9.17, 15) is 18.9 Å². The molecule has 0 atom stereocenters. The van der Waals surface area contributed by atoms with E-state index in [1.165, 1.54) is 24.3 Å². The van der Waals surface area contributed by atoms with Crippen molar-refractivity contribution in [3.05, 3.63) is 52.1 Å². The summed E-state index contributed by atoms with van der Waals surface area (Å²) in [6.07, 6.45) is 0. The standard InChI is InChI=1S/C12H9F2N3O2/c1-15-10-6-5-9(17(18)19)12(16-10)7-3-2-4-8(13)11(7)14/h2-6H,1H3,(H,15,16). The summed E-state index contributed by atoms with van der Waals surface area (Å²) in [4.78, 5) is 14.2. The highest BCUT2D eigenvalue weighted by Crippen LogP contribution is 2.31. The fourth-order valence-electron chi connectivity index (χ4n) is 1.62. The van der Waals surface area contributed by atoms with Gasteiger partial charge in [0.2, 0.25) is 0 Å². The Morgan fingerprint density at radius 3 is 2.63 bits per heavy atom. The number of nitro groups is 1. The number of nitrogens with zero attached hydrogens (tertiary/aromatic N) is 2. The molecule has 0 spiro atoms. The molecule has 19 heavy (non-hydrogen) atoms. The maximum absolute atomic E-state index is 13.7. The Kier molecular flexibility index (Phi) is 3.37. The molecular weight excluding hydrogens is 256 g/mol. The summed E-state index contributed by atoms with van der Waals surface area (Å²) < 4.78 is 26.9. The molecule has 1 heterocycles. The van der Waals surface area contributed by atoms with Gasteiger partial charge in [-0.05, 0) is 18.2 Å². The molecule has 5 nitrogen and oxygen atoms in total. The van der Waals surface area contributed by atoms with Gasteiger partial charge in [-0.3, -0.25) is 10.1 Å². The molecule has 0 unspecified atom stereocenters. The highest BCUT2D eigenvalue weighted by molar-refractivity contribution is 5.71. The molecule has 0 aliphatic carbocycles. The lowest BCUT2D eigenvalue weighted by Gasteiger charge is -2.06. The molecule has 2 aromatic rings. The van der Waals surface area contributed by atoms with Crippen molar-refractivity contribution < 1.29 is 13.7 Å². The van der Waals surface area contributed by atoms with Crippen LogP contribution in [-0.4, -0.2) is 17.0 Å². The molecule has 1 N–H and O–H groups in total. The van der Waals surface area contributed by atoms with E-state index in [1.54, 1.807) is 7.05 Å². The lowest BCUT2D eigenvalue weighted by molar-refractivity contribution is -0.384. The number of pyridine rings is 1. The third kappa shape index (κ3) is 2.35. The van der Waals surface area contributed by atoms with Crippen LogP contribution < -0.4 is 5.32 Å². The summed E-state index contributed by atoms with van der Waals surface area (Å²) in [5.74, 6) is -1.92. The molecule has 1 aromatic carbocycles. The molecule has 0 radical (unpaired) electrons. The van der Waals surface area contributed by atoms with Gasteiger partial charge >= 0.3 is 0 Å². The lowest BCUT2D eigenvalue weighted by atomic mass is 10.1. The van der Waals surface area contributed by atoms with Crippen LogP contribution in [0.1, 0.15) is 0 Å². The molecule has 98 valence electrons. The lowest BCUT2D eigenvalue weighted by Crippen LogP contribution is -2.00. The molecule has 0 amide bonds. The first kappa shape index (κ1) is 12.9. The highest BCUT2D eigenvalue weighted by Gasteiger charge is 2.21. The first-order valence-corrected chi connectivity index (χ1v) is 5.32. The topological polar surface area (TPSA) is 68.1 Å². The molecule has 0 saturated carbocycles. The summed E-state index contributed by atoms with van der Waals surface area (Å²) in [6.45, 7) is 0. The second-order valence-corrected chi connectivity index (χ2v) is 3.67. The second-order valence-electron chi connectivity index (χ2n) is 3.67. The Hall–Kier alpha value is -2.57. The Labute approximate surface area is 107 Å². The number of aromatic nitrogens is 1. The number of anilines is 1. The van der Waals surface area contributed by atoms with E-state index in [0.717, 1.165) is 6.07 Å². The van der Waals surface area contributed by atoms with Gasteiger partial charge in [-0.2, -0.15) is 0 Å². The molecule has 0 bridgehead atoms. The van der Waals surface area contributed by atoms with E-state index < -0.39 is 16.6 Å². The van der Waals surface area contributed by atoms with Gasteiger partial charge in [-0.25, -0.2) is 13.8 Å². The van der Waals surface area contributed by atoms with Crippen LogP contribution in [-0.2, 0) is 0 Å². The maximum Gasteiger partial charge on any atom is 0.295 e. The SMILES string of the molecule is CNc1ccc([N+](=O)[O-])c(-c2cccc(F)c2F)n1. The van der Waals surface area contributed by atoms with Crippen molar-refractivity contribution in [2.24, 2.45) is 0 Å².